The monoisotopic (exact) mass is 378 g/mol. The number of fused-ring (bicyclic) bond motifs is 1. The third-order valence-electron chi connectivity index (χ3n) is 4.63. The first-order valence-electron chi connectivity index (χ1n) is 8.38. The molecule has 2 aromatic rings. The number of hydrogen-bond acceptors (Lipinski definition) is 4. The molecule has 5 nitrogen and oxygen atoms in total. The van der Waals surface area contributed by atoms with Gasteiger partial charge in [0, 0.05) is 4.88 Å². The lowest BCUT2D eigenvalue weighted by molar-refractivity contribution is 0.100. The molecule has 1 atom stereocenters. The van der Waals surface area contributed by atoms with Crippen LogP contribution in [0.3, 0.4) is 0 Å². The molecule has 0 aliphatic heterocycles. The van der Waals surface area contributed by atoms with Crippen LogP contribution in [0.5, 0.6) is 0 Å². The Kier molecular flexibility index (Phi) is 4.88. The highest BCUT2D eigenvalue weighted by Gasteiger charge is 2.28. The second-order valence-corrected chi connectivity index (χ2v) is 9.31. The van der Waals surface area contributed by atoms with Gasteiger partial charge in [-0.2, -0.15) is 0 Å². The number of thiophene rings is 1. The number of benzene rings is 1. The van der Waals surface area contributed by atoms with E-state index in [0.717, 1.165) is 41.7 Å². The van der Waals surface area contributed by atoms with Gasteiger partial charge in [-0.15, -0.1) is 11.3 Å². The zero-order valence-electron chi connectivity index (χ0n) is 14.3. The molecule has 1 aromatic heterocycles. The number of anilines is 1. The van der Waals surface area contributed by atoms with E-state index in [0.29, 0.717) is 16.5 Å². The lowest BCUT2D eigenvalue weighted by atomic mass is 9.88. The van der Waals surface area contributed by atoms with Crippen molar-refractivity contribution in [1.82, 2.24) is 0 Å². The first-order chi connectivity index (χ1) is 11.8. The number of aryl methyl sites for hydroxylation is 1. The Hall–Kier alpha value is -1.86. The molecule has 1 amide bonds. The molecular weight excluding hydrogens is 356 g/mol. The molecule has 0 fully saturated rings. The molecule has 0 saturated carbocycles. The van der Waals surface area contributed by atoms with Crippen LogP contribution in [0.4, 0.5) is 5.00 Å². The van der Waals surface area contributed by atoms with Crippen molar-refractivity contribution in [3.8, 4) is 0 Å². The minimum atomic E-state index is -3.75. The third kappa shape index (κ3) is 3.57. The fourth-order valence-corrected chi connectivity index (χ4v) is 5.89. The number of amides is 1. The van der Waals surface area contributed by atoms with Gasteiger partial charge in [-0.3, -0.25) is 9.52 Å². The number of primary amides is 1. The van der Waals surface area contributed by atoms with Gasteiger partial charge in [0.15, 0.2) is 0 Å². The summed E-state index contributed by atoms with van der Waals surface area (Å²) in [4.78, 5) is 13.2. The highest BCUT2D eigenvalue weighted by atomic mass is 32.2. The maximum Gasteiger partial charge on any atom is 0.262 e. The number of hydrogen-bond donors (Lipinski definition) is 2. The molecular formula is C18H22N2O3S2. The molecule has 1 aliphatic rings. The van der Waals surface area contributed by atoms with Gasteiger partial charge in [-0.25, -0.2) is 8.42 Å². The van der Waals surface area contributed by atoms with Crippen molar-refractivity contribution in [2.75, 3.05) is 4.72 Å². The van der Waals surface area contributed by atoms with E-state index >= 15 is 0 Å². The van der Waals surface area contributed by atoms with Crippen LogP contribution in [-0.2, 0) is 29.3 Å². The number of carbonyl (C=O) groups is 1. The molecule has 1 heterocycles. The van der Waals surface area contributed by atoms with Gasteiger partial charge in [0.2, 0.25) is 0 Å². The summed E-state index contributed by atoms with van der Waals surface area (Å²) < 4.78 is 28.0. The summed E-state index contributed by atoms with van der Waals surface area (Å²) >= 11 is 1.33. The largest absolute Gasteiger partial charge is 0.365 e. The molecule has 0 bridgehead atoms. The summed E-state index contributed by atoms with van der Waals surface area (Å²) in [6, 6.07) is 6.76. The zero-order chi connectivity index (χ0) is 18.2. The average Bonchev–Trinajstić information content (AvgIpc) is 2.91. The lowest BCUT2D eigenvalue weighted by Crippen LogP contribution is -2.19. The maximum atomic E-state index is 12.7. The van der Waals surface area contributed by atoms with E-state index in [1.54, 1.807) is 24.3 Å². The van der Waals surface area contributed by atoms with E-state index in [1.807, 2.05) is 6.92 Å². The highest BCUT2D eigenvalue weighted by molar-refractivity contribution is 7.93. The van der Waals surface area contributed by atoms with Gasteiger partial charge in [0.25, 0.3) is 15.9 Å². The van der Waals surface area contributed by atoms with Crippen molar-refractivity contribution in [1.29, 1.82) is 0 Å². The van der Waals surface area contributed by atoms with Gasteiger partial charge in [0.05, 0.1) is 10.5 Å². The first kappa shape index (κ1) is 17.9. The van der Waals surface area contributed by atoms with E-state index in [2.05, 4.69) is 11.6 Å². The Balaban J connectivity index is 1.97. The van der Waals surface area contributed by atoms with Crippen molar-refractivity contribution in [2.45, 2.75) is 44.4 Å². The molecule has 0 radical (unpaired) electrons. The van der Waals surface area contributed by atoms with Crippen molar-refractivity contribution in [3.63, 3.8) is 0 Å². The number of sulfonamides is 1. The van der Waals surface area contributed by atoms with E-state index in [1.165, 1.54) is 11.3 Å². The van der Waals surface area contributed by atoms with Gasteiger partial charge in [-0.05, 0) is 54.9 Å². The standard InChI is InChI=1S/C18H22N2O3S2/c1-3-12-5-7-13(8-6-12)25(22,23)20-18-16(17(19)21)14-9-4-11(2)10-15(14)24-18/h5-8,11,20H,3-4,9-10H2,1-2H3,(H2,19,21)/t11-/m0/s1. The number of nitrogens with one attached hydrogen (secondary N) is 1. The summed E-state index contributed by atoms with van der Waals surface area (Å²) in [6.07, 6.45) is 3.44. The molecule has 3 rings (SSSR count). The predicted octanol–water partition coefficient (Wildman–Crippen LogP) is 3.34. The molecule has 0 saturated heterocycles. The van der Waals surface area contributed by atoms with Gasteiger partial charge in [0.1, 0.15) is 5.00 Å². The van der Waals surface area contributed by atoms with Crippen LogP contribution in [0.1, 0.15) is 46.6 Å². The SMILES string of the molecule is CCc1ccc(S(=O)(=O)Nc2sc3c(c2C(N)=O)CC[C@H](C)C3)cc1. The molecule has 25 heavy (non-hydrogen) atoms. The van der Waals surface area contributed by atoms with E-state index in [-0.39, 0.29) is 4.90 Å². The molecule has 0 spiro atoms. The summed E-state index contributed by atoms with van der Waals surface area (Å²) in [7, 11) is -3.75. The number of carbonyl (C=O) groups excluding carboxylic acids is 1. The van der Waals surface area contributed by atoms with Crippen LogP contribution in [0.2, 0.25) is 0 Å². The van der Waals surface area contributed by atoms with Crippen molar-refractivity contribution < 1.29 is 13.2 Å². The molecule has 7 heteroatoms. The van der Waals surface area contributed by atoms with Crippen LogP contribution in [0, 0.1) is 5.92 Å². The molecule has 0 unspecified atom stereocenters. The first-order valence-corrected chi connectivity index (χ1v) is 10.7. The van der Waals surface area contributed by atoms with Gasteiger partial charge >= 0.3 is 0 Å². The van der Waals surface area contributed by atoms with Gasteiger partial charge in [-0.1, -0.05) is 26.0 Å². The quantitative estimate of drug-likeness (QED) is 0.836. The maximum absolute atomic E-state index is 12.7. The highest BCUT2D eigenvalue weighted by Crippen LogP contribution is 2.40. The molecule has 3 N–H and O–H groups in total. The summed E-state index contributed by atoms with van der Waals surface area (Å²) in [5.41, 5.74) is 7.86. The second kappa shape index (κ2) is 6.80. The minimum absolute atomic E-state index is 0.180. The van der Waals surface area contributed by atoms with Crippen molar-refractivity contribution in [3.05, 3.63) is 45.8 Å². The Bertz CT molecular complexity index is 899. The summed E-state index contributed by atoms with van der Waals surface area (Å²) in [5.74, 6) is -0.0518. The van der Waals surface area contributed by atoms with Crippen molar-refractivity contribution in [2.24, 2.45) is 11.7 Å². The Morgan fingerprint density at radius 1 is 1.32 bits per heavy atom. The second-order valence-electron chi connectivity index (χ2n) is 6.52. The third-order valence-corrected chi connectivity index (χ3v) is 7.29. The Morgan fingerprint density at radius 3 is 2.60 bits per heavy atom. The number of nitrogens with two attached hydrogens (primary N) is 1. The molecule has 134 valence electrons. The zero-order valence-corrected chi connectivity index (χ0v) is 16.0. The summed E-state index contributed by atoms with van der Waals surface area (Å²) in [5, 5.41) is 0.339. The number of rotatable bonds is 5. The van der Waals surface area contributed by atoms with E-state index in [4.69, 9.17) is 5.73 Å². The lowest BCUT2D eigenvalue weighted by Gasteiger charge is -2.18. The Labute approximate surface area is 152 Å². The topological polar surface area (TPSA) is 89.3 Å². The fraction of sp³-hybridized carbons (Fsp3) is 0.389. The molecule has 1 aliphatic carbocycles. The van der Waals surface area contributed by atoms with Crippen LogP contribution >= 0.6 is 11.3 Å². The van der Waals surface area contributed by atoms with Gasteiger partial charge < -0.3 is 5.73 Å². The predicted molar refractivity (Wildman–Crippen MR) is 101 cm³/mol. The fourth-order valence-electron chi connectivity index (χ4n) is 3.17. The smallest absolute Gasteiger partial charge is 0.262 e. The van der Waals surface area contributed by atoms with Crippen LogP contribution in [-0.4, -0.2) is 14.3 Å². The van der Waals surface area contributed by atoms with Crippen LogP contribution < -0.4 is 10.5 Å². The summed E-state index contributed by atoms with van der Waals surface area (Å²) in [6.45, 7) is 4.17. The minimum Gasteiger partial charge on any atom is -0.365 e. The normalized spacial score (nSPS) is 17.1. The van der Waals surface area contributed by atoms with Crippen molar-refractivity contribution >= 4 is 32.3 Å². The average molecular weight is 379 g/mol. The van der Waals surface area contributed by atoms with E-state index in [9.17, 15) is 13.2 Å². The Morgan fingerprint density at radius 2 is 2.00 bits per heavy atom. The van der Waals surface area contributed by atoms with Crippen LogP contribution in [0.25, 0.3) is 0 Å². The van der Waals surface area contributed by atoms with E-state index < -0.39 is 15.9 Å². The molecule has 1 aromatic carbocycles. The van der Waals surface area contributed by atoms with Crippen LogP contribution in [0.15, 0.2) is 29.2 Å².